The SMILES string of the molecule is COc1cc(NC(=O)c2ccc(C(C)C)cc2)c(Cl)cc1C(=O)O. The van der Waals surface area contributed by atoms with Gasteiger partial charge in [-0.05, 0) is 29.7 Å². The topological polar surface area (TPSA) is 75.6 Å². The van der Waals surface area contributed by atoms with E-state index in [1.165, 1.54) is 19.2 Å². The van der Waals surface area contributed by atoms with Crippen molar-refractivity contribution in [3.8, 4) is 5.75 Å². The van der Waals surface area contributed by atoms with Gasteiger partial charge in [0.15, 0.2) is 0 Å². The number of amides is 1. The van der Waals surface area contributed by atoms with Crippen molar-refractivity contribution in [2.24, 2.45) is 0 Å². The van der Waals surface area contributed by atoms with Gasteiger partial charge in [0.25, 0.3) is 5.91 Å². The number of carboxylic acid groups (broad SMARTS) is 1. The van der Waals surface area contributed by atoms with E-state index in [0.717, 1.165) is 5.56 Å². The number of methoxy groups -OCH3 is 1. The summed E-state index contributed by atoms with van der Waals surface area (Å²) in [6.45, 7) is 4.15. The van der Waals surface area contributed by atoms with Gasteiger partial charge in [-0.2, -0.15) is 0 Å². The molecule has 5 nitrogen and oxygen atoms in total. The van der Waals surface area contributed by atoms with E-state index in [4.69, 9.17) is 21.4 Å². The lowest BCUT2D eigenvalue weighted by Crippen LogP contribution is -2.13. The second kappa shape index (κ2) is 7.36. The first-order valence-corrected chi connectivity index (χ1v) is 7.73. The van der Waals surface area contributed by atoms with Crippen molar-refractivity contribution in [2.75, 3.05) is 12.4 Å². The molecule has 0 aliphatic rings. The maximum Gasteiger partial charge on any atom is 0.339 e. The van der Waals surface area contributed by atoms with E-state index in [1.54, 1.807) is 12.1 Å². The Morgan fingerprint density at radius 2 is 1.79 bits per heavy atom. The largest absolute Gasteiger partial charge is 0.496 e. The van der Waals surface area contributed by atoms with Gasteiger partial charge in [0, 0.05) is 11.6 Å². The van der Waals surface area contributed by atoms with Crippen molar-refractivity contribution in [3.63, 3.8) is 0 Å². The quantitative estimate of drug-likeness (QED) is 0.839. The molecule has 2 N–H and O–H groups in total. The molecule has 126 valence electrons. The highest BCUT2D eigenvalue weighted by atomic mass is 35.5. The molecule has 0 atom stereocenters. The lowest BCUT2D eigenvalue weighted by molar-refractivity contribution is 0.0693. The molecule has 0 aliphatic carbocycles. The average molecular weight is 348 g/mol. The number of halogens is 1. The van der Waals surface area contributed by atoms with Crippen molar-refractivity contribution in [1.82, 2.24) is 0 Å². The van der Waals surface area contributed by atoms with Crippen LogP contribution in [0.3, 0.4) is 0 Å². The number of benzene rings is 2. The summed E-state index contributed by atoms with van der Waals surface area (Å²) >= 11 is 6.07. The molecule has 24 heavy (non-hydrogen) atoms. The fourth-order valence-electron chi connectivity index (χ4n) is 2.20. The van der Waals surface area contributed by atoms with Crippen LogP contribution in [0.15, 0.2) is 36.4 Å². The summed E-state index contributed by atoms with van der Waals surface area (Å²) in [6, 6.07) is 9.92. The molecule has 0 saturated heterocycles. The Bertz CT molecular complexity index is 769. The summed E-state index contributed by atoms with van der Waals surface area (Å²) < 4.78 is 5.04. The number of carboxylic acids is 1. The Balaban J connectivity index is 2.27. The van der Waals surface area contributed by atoms with E-state index in [9.17, 15) is 9.59 Å². The van der Waals surface area contributed by atoms with Gasteiger partial charge in [-0.3, -0.25) is 4.79 Å². The van der Waals surface area contributed by atoms with Crippen molar-refractivity contribution in [2.45, 2.75) is 19.8 Å². The van der Waals surface area contributed by atoms with Gasteiger partial charge in [0.2, 0.25) is 0 Å². The van der Waals surface area contributed by atoms with Crippen LogP contribution >= 0.6 is 11.6 Å². The van der Waals surface area contributed by atoms with Crippen molar-refractivity contribution >= 4 is 29.2 Å². The molecule has 1 amide bonds. The summed E-state index contributed by atoms with van der Waals surface area (Å²) in [4.78, 5) is 23.5. The summed E-state index contributed by atoms with van der Waals surface area (Å²) in [5.41, 5.74) is 1.84. The molecule has 0 aromatic heterocycles. The minimum Gasteiger partial charge on any atom is -0.496 e. The molecule has 0 fully saturated rings. The molecule has 6 heteroatoms. The van der Waals surface area contributed by atoms with Gasteiger partial charge in [0.1, 0.15) is 11.3 Å². The van der Waals surface area contributed by atoms with Crippen LogP contribution in [0.5, 0.6) is 5.75 Å². The van der Waals surface area contributed by atoms with Gasteiger partial charge in [-0.1, -0.05) is 37.6 Å². The Labute approximate surface area is 145 Å². The van der Waals surface area contributed by atoms with Crippen LogP contribution in [0.2, 0.25) is 5.02 Å². The van der Waals surface area contributed by atoms with Crippen molar-refractivity contribution < 1.29 is 19.4 Å². The van der Waals surface area contributed by atoms with Crippen molar-refractivity contribution in [3.05, 3.63) is 58.1 Å². The molecule has 0 heterocycles. The second-order valence-corrected chi connectivity index (χ2v) is 5.98. The Morgan fingerprint density at radius 3 is 2.29 bits per heavy atom. The Hall–Kier alpha value is -2.53. The van der Waals surface area contributed by atoms with E-state index < -0.39 is 5.97 Å². The third-order valence-corrected chi connectivity index (χ3v) is 3.92. The molecule has 2 aromatic rings. The summed E-state index contributed by atoms with van der Waals surface area (Å²) in [7, 11) is 1.35. The number of rotatable bonds is 5. The zero-order chi connectivity index (χ0) is 17.9. The number of hydrogen-bond acceptors (Lipinski definition) is 3. The third kappa shape index (κ3) is 3.86. The molecule has 0 unspecified atom stereocenters. The van der Waals surface area contributed by atoms with Crippen LogP contribution in [-0.4, -0.2) is 24.1 Å². The number of ether oxygens (including phenoxy) is 1. The molecule has 0 saturated carbocycles. The first-order valence-electron chi connectivity index (χ1n) is 7.35. The predicted octanol–water partition coefficient (Wildman–Crippen LogP) is 4.42. The average Bonchev–Trinajstić information content (AvgIpc) is 2.56. The van der Waals surface area contributed by atoms with E-state index in [1.807, 2.05) is 12.1 Å². The van der Waals surface area contributed by atoms with E-state index >= 15 is 0 Å². The normalized spacial score (nSPS) is 10.5. The number of carbonyl (C=O) groups excluding carboxylic acids is 1. The number of anilines is 1. The third-order valence-electron chi connectivity index (χ3n) is 3.61. The summed E-state index contributed by atoms with van der Waals surface area (Å²) in [6.07, 6.45) is 0. The van der Waals surface area contributed by atoms with E-state index in [-0.39, 0.29) is 27.9 Å². The van der Waals surface area contributed by atoms with Gasteiger partial charge in [-0.25, -0.2) is 4.79 Å². The zero-order valence-electron chi connectivity index (χ0n) is 13.6. The van der Waals surface area contributed by atoms with Crippen LogP contribution in [0.25, 0.3) is 0 Å². The molecule has 0 spiro atoms. The van der Waals surface area contributed by atoms with Gasteiger partial charge in [-0.15, -0.1) is 0 Å². The molecule has 2 rings (SSSR count). The maximum absolute atomic E-state index is 12.3. The smallest absolute Gasteiger partial charge is 0.339 e. The first kappa shape index (κ1) is 17.8. The molecule has 0 radical (unpaired) electrons. The van der Waals surface area contributed by atoms with Gasteiger partial charge >= 0.3 is 5.97 Å². The lowest BCUT2D eigenvalue weighted by Gasteiger charge is -2.12. The van der Waals surface area contributed by atoms with Gasteiger partial charge < -0.3 is 15.2 Å². The van der Waals surface area contributed by atoms with Crippen LogP contribution in [-0.2, 0) is 0 Å². The maximum atomic E-state index is 12.3. The van der Waals surface area contributed by atoms with Crippen LogP contribution in [0.1, 0.15) is 46.0 Å². The highest BCUT2D eigenvalue weighted by Gasteiger charge is 2.17. The van der Waals surface area contributed by atoms with Crippen LogP contribution in [0, 0.1) is 0 Å². The van der Waals surface area contributed by atoms with Gasteiger partial charge in [0.05, 0.1) is 17.8 Å². The number of carbonyl (C=O) groups is 2. The standard InChI is InChI=1S/C18H18ClNO4/c1-10(2)11-4-6-12(7-5-11)17(21)20-15-9-16(24-3)13(18(22)23)8-14(15)19/h4-10H,1-3H3,(H,20,21)(H,22,23). The summed E-state index contributed by atoms with van der Waals surface area (Å²) in [5.74, 6) is -0.991. The minimum absolute atomic E-state index is 0.0678. The monoisotopic (exact) mass is 347 g/mol. The van der Waals surface area contributed by atoms with E-state index in [0.29, 0.717) is 11.5 Å². The van der Waals surface area contributed by atoms with Crippen LogP contribution in [0.4, 0.5) is 5.69 Å². The van der Waals surface area contributed by atoms with Crippen LogP contribution < -0.4 is 10.1 Å². The molecular formula is C18H18ClNO4. The minimum atomic E-state index is -1.16. The fourth-order valence-corrected chi connectivity index (χ4v) is 2.41. The number of nitrogens with one attached hydrogen (secondary N) is 1. The van der Waals surface area contributed by atoms with Crippen molar-refractivity contribution in [1.29, 1.82) is 0 Å². The molecule has 2 aromatic carbocycles. The van der Waals surface area contributed by atoms with E-state index in [2.05, 4.69) is 19.2 Å². The number of aromatic carboxylic acids is 1. The molecule has 0 aliphatic heterocycles. The molecule has 0 bridgehead atoms. The first-order chi connectivity index (χ1) is 11.3. The Morgan fingerprint density at radius 1 is 1.17 bits per heavy atom. The molecular weight excluding hydrogens is 330 g/mol. The lowest BCUT2D eigenvalue weighted by atomic mass is 10.0. The fraction of sp³-hybridized carbons (Fsp3) is 0.222. The Kier molecular flexibility index (Phi) is 5.46. The number of hydrogen-bond donors (Lipinski definition) is 2. The highest BCUT2D eigenvalue weighted by Crippen LogP contribution is 2.31. The zero-order valence-corrected chi connectivity index (χ0v) is 14.3. The second-order valence-electron chi connectivity index (χ2n) is 5.57. The summed E-state index contributed by atoms with van der Waals surface area (Å²) in [5, 5.41) is 11.9. The predicted molar refractivity (Wildman–Crippen MR) is 93.4 cm³/mol. The highest BCUT2D eigenvalue weighted by molar-refractivity contribution is 6.34.